The van der Waals surface area contributed by atoms with Crippen LogP contribution in [0, 0.1) is 17.8 Å². The number of carbonyl (C=O) groups is 3. The third kappa shape index (κ3) is 14.1. The second kappa shape index (κ2) is 24.8. The molecule has 0 aliphatic carbocycles. The maximum Gasteiger partial charge on any atom is 0.330 e. The minimum absolute atomic E-state index is 0.111. The highest BCUT2D eigenvalue weighted by atomic mass is 35.5. The van der Waals surface area contributed by atoms with Gasteiger partial charge in [-0.2, -0.15) is 0 Å². The van der Waals surface area contributed by atoms with Crippen LogP contribution in [0.15, 0.2) is 85.1 Å². The van der Waals surface area contributed by atoms with Crippen LogP contribution in [-0.4, -0.2) is 154 Å². The Balaban J connectivity index is 1.28. The van der Waals surface area contributed by atoms with Gasteiger partial charge in [0.15, 0.2) is 12.6 Å². The summed E-state index contributed by atoms with van der Waals surface area (Å²) in [5.41, 5.74) is -0.290. The third-order valence-corrected chi connectivity index (χ3v) is 15.6. The van der Waals surface area contributed by atoms with Crippen LogP contribution in [0.1, 0.15) is 79.7 Å². The maximum atomic E-state index is 15.1. The molecule has 3 aromatic carbocycles. The lowest BCUT2D eigenvalue weighted by Crippen LogP contribution is -2.61. The Kier molecular flexibility index (Phi) is 19.2. The normalized spacial score (nSPS) is 33.5. The van der Waals surface area contributed by atoms with E-state index in [0.717, 1.165) is 5.39 Å². The molecular weight excluding hydrogens is 1000 g/mol. The summed E-state index contributed by atoms with van der Waals surface area (Å²) in [6.45, 7) is 12.9. The molecule has 0 radical (unpaired) electrons. The molecule has 0 saturated carbocycles. The van der Waals surface area contributed by atoms with E-state index in [1.54, 1.807) is 87.3 Å². The Morgan fingerprint density at radius 1 is 0.880 bits per heavy atom. The number of rotatable bonds is 10. The zero-order valence-corrected chi connectivity index (χ0v) is 46.1. The quantitative estimate of drug-likeness (QED) is 0.0884. The standard InChI is InChI=1S/C56H76Cl2N6O11/c1-32-28-55(6,70)50(75-52-47(65)45(62(8)9)27-33(2)72-52)34(3)48(74-46-29-56(7,71-10)49(66)36(5)73-46)35(4)51(67)59-42(25-26-63(30-32)53(68)60-40-21-16-38(57)17-22-40)20-15-37-31-64(44-14-12-11-13-43(37)44)54(69)61-41-23-18-39(58)19-24-41/h11-24,31-36,42,45-50,52,65-66,70H,25-30H2,1-10H3,(H,59,67)(H,60,68)(H,61,69)/b20-15+/t32-,33-,34+,35-,36+,42?,45+,46+,47-,48+,49+,50-,52+,55-,56-/m1/s1. The highest BCUT2D eigenvalue weighted by Crippen LogP contribution is 2.40. The Bertz CT molecular complexity index is 2600. The molecule has 3 fully saturated rings. The lowest BCUT2D eigenvalue weighted by atomic mass is 9.77. The molecule has 17 nitrogen and oxygen atoms in total. The first-order valence-corrected chi connectivity index (χ1v) is 26.6. The number of benzene rings is 3. The van der Waals surface area contributed by atoms with E-state index in [9.17, 15) is 24.9 Å². The molecule has 1 unspecified atom stereocenters. The molecule has 1 aromatic heterocycles. The smallest absolute Gasteiger partial charge is 0.330 e. The van der Waals surface area contributed by atoms with E-state index in [0.29, 0.717) is 38.9 Å². The highest BCUT2D eigenvalue weighted by molar-refractivity contribution is 6.31. The number of para-hydroxylation sites is 1. The topological polar surface area (TPSA) is 206 Å². The van der Waals surface area contributed by atoms with E-state index >= 15 is 4.79 Å². The molecule has 15 atom stereocenters. The predicted molar refractivity (Wildman–Crippen MR) is 291 cm³/mol. The van der Waals surface area contributed by atoms with Crippen molar-refractivity contribution in [1.82, 2.24) is 19.7 Å². The van der Waals surface area contributed by atoms with Gasteiger partial charge >= 0.3 is 12.1 Å². The first-order chi connectivity index (χ1) is 35.5. The van der Waals surface area contributed by atoms with E-state index in [1.807, 2.05) is 76.2 Å². The van der Waals surface area contributed by atoms with Crippen LogP contribution in [0.4, 0.5) is 21.0 Å². The summed E-state index contributed by atoms with van der Waals surface area (Å²) in [5.74, 6) is -2.52. The molecule has 4 aromatic rings. The van der Waals surface area contributed by atoms with Crippen molar-refractivity contribution in [1.29, 1.82) is 0 Å². The first kappa shape index (κ1) is 58.1. The molecule has 19 heteroatoms. The van der Waals surface area contributed by atoms with Crippen LogP contribution >= 0.6 is 23.2 Å². The van der Waals surface area contributed by atoms with Gasteiger partial charge in [-0.25, -0.2) is 9.59 Å². The van der Waals surface area contributed by atoms with Crippen LogP contribution in [0.5, 0.6) is 0 Å². The number of aliphatic hydroxyl groups excluding tert-OH is 2. The van der Waals surface area contributed by atoms with E-state index < -0.39 is 84.1 Å². The van der Waals surface area contributed by atoms with Crippen molar-refractivity contribution >= 4 is 69.5 Å². The first-order valence-electron chi connectivity index (χ1n) is 25.9. The molecule has 7 rings (SSSR count). The molecule has 75 heavy (non-hydrogen) atoms. The number of hydrogen-bond donors (Lipinski definition) is 6. The Hall–Kier alpha value is -4.63. The molecule has 3 aliphatic rings. The number of ether oxygens (including phenoxy) is 5. The Morgan fingerprint density at radius 3 is 2.13 bits per heavy atom. The number of nitrogens with zero attached hydrogens (tertiary/aromatic N) is 3. The maximum absolute atomic E-state index is 15.1. The van der Waals surface area contributed by atoms with E-state index in [4.69, 9.17) is 46.9 Å². The van der Waals surface area contributed by atoms with Crippen molar-refractivity contribution in [2.45, 2.75) is 147 Å². The SMILES string of the molecule is CO[C@]1(C)C[C@H](O[C@H]2[C@H](C)[C@@H](O[C@@H]3O[C@H](C)C[C@H](N(C)C)[C@H]3O)[C@](C)(O)C[C@@H](C)CN(C(=O)Nc3ccc(Cl)cc3)CCC(/C=C/c3cn(C(=O)Nc4ccc(Cl)cc4)c4ccccc34)NC(=O)[C@@H]2C)O[C@@H](C)[C@@H]1O. The van der Waals surface area contributed by atoms with Crippen molar-refractivity contribution < 1.29 is 53.4 Å². The zero-order chi connectivity index (χ0) is 54.5. The average molecular weight is 1080 g/mol. The van der Waals surface area contributed by atoms with Gasteiger partial charge in [-0.1, -0.05) is 74.3 Å². The molecule has 6 N–H and O–H groups in total. The number of anilines is 2. The summed E-state index contributed by atoms with van der Waals surface area (Å²) >= 11 is 12.3. The van der Waals surface area contributed by atoms with Gasteiger partial charge in [0, 0.05) is 83.2 Å². The summed E-state index contributed by atoms with van der Waals surface area (Å²) in [6.07, 6.45) is -0.940. The number of methoxy groups -OCH3 is 1. The van der Waals surface area contributed by atoms with Gasteiger partial charge in [-0.05, 0) is 122 Å². The van der Waals surface area contributed by atoms with E-state index in [2.05, 4.69) is 16.0 Å². The molecule has 3 saturated heterocycles. The highest BCUT2D eigenvalue weighted by Gasteiger charge is 2.51. The van der Waals surface area contributed by atoms with Gasteiger partial charge in [0.2, 0.25) is 5.91 Å². The molecule has 4 amide bonds. The second-order valence-electron chi connectivity index (χ2n) is 21.5. The number of fused-ring (bicyclic) bond motifs is 1. The third-order valence-electron chi connectivity index (χ3n) is 15.1. The van der Waals surface area contributed by atoms with Crippen molar-refractivity contribution in [3.8, 4) is 0 Å². The fraction of sp³-hybridized carbons (Fsp3) is 0.554. The number of carbonyl (C=O) groups excluding carboxylic acids is 3. The van der Waals surface area contributed by atoms with Gasteiger partial charge < -0.3 is 64.8 Å². The van der Waals surface area contributed by atoms with Crippen LogP contribution in [0.2, 0.25) is 10.0 Å². The van der Waals surface area contributed by atoms with Crippen LogP contribution < -0.4 is 16.0 Å². The number of nitrogens with one attached hydrogen (secondary N) is 3. The Morgan fingerprint density at radius 2 is 1.51 bits per heavy atom. The molecule has 3 aliphatic heterocycles. The van der Waals surface area contributed by atoms with Crippen molar-refractivity contribution in [2.75, 3.05) is 44.9 Å². The summed E-state index contributed by atoms with van der Waals surface area (Å²) in [6, 6.07) is 19.3. The average Bonchev–Trinajstić information content (AvgIpc) is 3.74. The Labute approximate surface area is 450 Å². The van der Waals surface area contributed by atoms with Crippen LogP contribution in [-0.2, 0) is 28.5 Å². The van der Waals surface area contributed by atoms with Crippen molar-refractivity contribution in [3.63, 3.8) is 0 Å². The van der Waals surface area contributed by atoms with Crippen molar-refractivity contribution in [2.24, 2.45) is 17.8 Å². The number of aromatic nitrogens is 1. The largest absolute Gasteiger partial charge is 0.387 e. The number of aliphatic hydroxyl groups is 3. The number of urea groups is 1. The number of hydrogen-bond acceptors (Lipinski definition) is 12. The minimum Gasteiger partial charge on any atom is -0.387 e. The summed E-state index contributed by atoms with van der Waals surface area (Å²) < 4.78 is 33.8. The fourth-order valence-electron chi connectivity index (χ4n) is 11.0. The minimum atomic E-state index is -1.68. The number of likely N-dealkylation sites (N-methyl/N-ethyl adjacent to an activating group) is 1. The van der Waals surface area contributed by atoms with Gasteiger partial charge in [-0.15, -0.1) is 0 Å². The van der Waals surface area contributed by atoms with Gasteiger partial charge in [0.05, 0.1) is 47.1 Å². The summed E-state index contributed by atoms with van der Waals surface area (Å²) in [5, 5.41) is 47.0. The monoisotopic (exact) mass is 1080 g/mol. The molecule has 0 bridgehead atoms. The van der Waals surface area contributed by atoms with E-state index in [-0.39, 0.29) is 56.4 Å². The summed E-state index contributed by atoms with van der Waals surface area (Å²) in [7, 11) is 5.27. The van der Waals surface area contributed by atoms with E-state index in [1.165, 1.54) is 11.7 Å². The fourth-order valence-corrected chi connectivity index (χ4v) is 11.2. The molecular formula is C56H76Cl2N6O11. The van der Waals surface area contributed by atoms with Gasteiger partial charge in [0.1, 0.15) is 12.2 Å². The lowest BCUT2D eigenvalue weighted by molar-refractivity contribution is -0.317. The zero-order valence-electron chi connectivity index (χ0n) is 44.6. The predicted octanol–water partition coefficient (Wildman–Crippen LogP) is 8.61. The van der Waals surface area contributed by atoms with Crippen LogP contribution in [0.3, 0.4) is 0 Å². The number of halogens is 2. The molecule has 410 valence electrons. The molecule has 4 heterocycles. The van der Waals surface area contributed by atoms with Crippen LogP contribution in [0.25, 0.3) is 17.0 Å². The van der Waals surface area contributed by atoms with Gasteiger partial charge in [0.25, 0.3) is 0 Å². The van der Waals surface area contributed by atoms with Gasteiger partial charge in [-0.3, -0.25) is 9.36 Å². The summed E-state index contributed by atoms with van der Waals surface area (Å²) in [4.78, 5) is 46.9. The number of amides is 4. The lowest BCUT2D eigenvalue weighted by Gasteiger charge is -2.49. The van der Waals surface area contributed by atoms with Crippen molar-refractivity contribution in [3.05, 3.63) is 101 Å². The molecule has 0 spiro atoms. The second-order valence-corrected chi connectivity index (χ2v) is 22.4.